The standard InChI is InChI=1S/C18H16FNO6/c19-12-7-8-15(20(22)23)17(10-12)26-18(21)14-5-1-2-6-16(14)25-11-13-4-3-9-24-13/h1-2,5-8,10,13H,3-4,9,11H2. The molecule has 1 fully saturated rings. The molecule has 0 aliphatic carbocycles. The minimum atomic E-state index is -0.873. The van der Waals surface area contributed by atoms with Crippen LogP contribution in [0.2, 0.25) is 0 Å². The fourth-order valence-corrected chi connectivity index (χ4v) is 2.60. The van der Waals surface area contributed by atoms with Crippen LogP contribution >= 0.6 is 0 Å². The Labute approximate surface area is 148 Å². The molecule has 0 spiro atoms. The Bertz CT molecular complexity index is 819. The van der Waals surface area contributed by atoms with Crippen molar-refractivity contribution >= 4 is 11.7 Å². The van der Waals surface area contributed by atoms with Gasteiger partial charge in [-0.3, -0.25) is 10.1 Å². The molecule has 1 aliphatic rings. The second-order valence-electron chi connectivity index (χ2n) is 5.70. The number of nitro benzene ring substituents is 1. The molecule has 8 heteroatoms. The van der Waals surface area contributed by atoms with Gasteiger partial charge in [-0.15, -0.1) is 0 Å². The van der Waals surface area contributed by atoms with Crippen molar-refractivity contribution < 1.29 is 28.3 Å². The van der Waals surface area contributed by atoms with Crippen LogP contribution < -0.4 is 9.47 Å². The number of nitrogens with zero attached hydrogens (tertiary/aromatic N) is 1. The van der Waals surface area contributed by atoms with Crippen molar-refractivity contribution in [2.24, 2.45) is 0 Å². The predicted octanol–water partition coefficient (Wildman–Crippen LogP) is 3.51. The summed E-state index contributed by atoms with van der Waals surface area (Å²) in [7, 11) is 0. The Balaban J connectivity index is 1.78. The van der Waals surface area contributed by atoms with Gasteiger partial charge >= 0.3 is 11.7 Å². The molecule has 2 aromatic rings. The minimum absolute atomic E-state index is 0.0385. The van der Waals surface area contributed by atoms with Crippen LogP contribution in [0.5, 0.6) is 11.5 Å². The highest BCUT2D eigenvalue weighted by atomic mass is 19.1. The van der Waals surface area contributed by atoms with Crippen LogP contribution in [-0.4, -0.2) is 30.2 Å². The zero-order valence-corrected chi connectivity index (χ0v) is 13.7. The van der Waals surface area contributed by atoms with E-state index in [1.54, 1.807) is 18.2 Å². The number of halogens is 1. The van der Waals surface area contributed by atoms with Crippen LogP contribution in [0, 0.1) is 15.9 Å². The topological polar surface area (TPSA) is 87.9 Å². The van der Waals surface area contributed by atoms with E-state index in [1.165, 1.54) is 6.07 Å². The van der Waals surface area contributed by atoms with Gasteiger partial charge in [0.05, 0.1) is 11.0 Å². The van der Waals surface area contributed by atoms with Crippen LogP contribution in [0.4, 0.5) is 10.1 Å². The molecule has 3 rings (SSSR count). The molecule has 0 radical (unpaired) electrons. The fourth-order valence-electron chi connectivity index (χ4n) is 2.60. The molecule has 2 aromatic carbocycles. The highest BCUT2D eigenvalue weighted by Crippen LogP contribution is 2.29. The molecule has 1 atom stereocenters. The molecule has 0 aromatic heterocycles. The molecular formula is C18H16FNO6. The van der Waals surface area contributed by atoms with Gasteiger partial charge in [-0.25, -0.2) is 9.18 Å². The lowest BCUT2D eigenvalue weighted by molar-refractivity contribution is -0.385. The van der Waals surface area contributed by atoms with Gasteiger partial charge in [0.1, 0.15) is 23.7 Å². The third-order valence-corrected chi connectivity index (χ3v) is 3.88. The zero-order chi connectivity index (χ0) is 18.5. The predicted molar refractivity (Wildman–Crippen MR) is 88.9 cm³/mol. The fraction of sp³-hybridized carbons (Fsp3) is 0.278. The average molecular weight is 361 g/mol. The summed E-state index contributed by atoms with van der Waals surface area (Å²) in [6.07, 6.45) is 1.80. The maximum Gasteiger partial charge on any atom is 0.347 e. The van der Waals surface area contributed by atoms with Gasteiger partial charge in [0, 0.05) is 18.7 Å². The number of hydrogen-bond acceptors (Lipinski definition) is 6. The molecule has 7 nitrogen and oxygen atoms in total. The van der Waals surface area contributed by atoms with E-state index in [0.29, 0.717) is 6.61 Å². The maximum atomic E-state index is 13.4. The summed E-state index contributed by atoms with van der Waals surface area (Å²) in [4.78, 5) is 22.7. The maximum absolute atomic E-state index is 13.4. The molecule has 1 saturated heterocycles. The van der Waals surface area contributed by atoms with Gasteiger partial charge in [-0.05, 0) is 31.0 Å². The first-order chi connectivity index (χ1) is 12.5. The monoisotopic (exact) mass is 361 g/mol. The third kappa shape index (κ3) is 4.15. The van der Waals surface area contributed by atoms with Crippen LogP contribution in [0.15, 0.2) is 42.5 Å². The van der Waals surface area contributed by atoms with Gasteiger partial charge < -0.3 is 14.2 Å². The lowest BCUT2D eigenvalue weighted by atomic mass is 10.2. The van der Waals surface area contributed by atoms with Crippen molar-refractivity contribution in [2.45, 2.75) is 18.9 Å². The molecule has 26 heavy (non-hydrogen) atoms. The summed E-state index contributed by atoms with van der Waals surface area (Å²) in [5.41, 5.74) is -0.415. The zero-order valence-electron chi connectivity index (χ0n) is 13.7. The van der Waals surface area contributed by atoms with E-state index in [2.05, 4.69) is 0 Å². The number of para-hydroxylation sites is 1. The van der Waals surface area contributed by atoms with Crippen molar-refractivity contribution in [1.29, 1.82) is 0 Å². The smallest absolute Gasteiger partial charge is 0.347 e. The average Bonchev–Trinajstić information content (AvgIpc) is 3.13. The number of esters is 1. The molecule has 1 heterocycles. The summed E-state index contributed by atoms with van der Waals surface area (Å²) in [6.45, 7) is 0.964. The second kappa shape index (κ2) is 7.92. The van der Waals surface area contributed by atoms with Crippen molar-refractivity contribution in [2.75, 3.05) is 13.2 Å². The van der Waals surface area contributed by atoms with Gasteiger partial charge in [0.2, 0.25) is 5.75 Å². The molecule has 0 bridgehead atoms. The third-order valence-electron chi connectivity index (χ3n) is 3.88. The first kappa shape index (κ1) is 17.8. The highest BCUT2D eigenvalue weighted by Gasteiger charge is 2.23. The SMILES string of the molecule is O=C(Oc1cc(F)ccc1[N+](=O)[O-])c1ccccc1OCC1CCCO1. The number of benzene rings is 2. The van der Waals surface area contributed by atoms with Crippen LogP contribution in [0.25, 0.3) is 0 Å². The normalized spacial score (nSPS) is 16.3. The lowest BCUT2D eigenvalue weighted by Crippen LogP contribution is -2.18. The summed E-state index contributed by atoms with van der Waals surface area (Å²) < 4.78 is 29.6. The van der Waals surface area contributed by atoms with Gasteiger partial charge in [0.25, 0.3) is 0 Å². The molecule has 1 unspecified atom stereocenters. The Morgan fingerprint density at radius 3 is 2.81 bits per heavy atom. The highest BCUT2D eigenvalue weighted by molar-refractivity contribution is 5.94. The first-order valence-electron chi connectivity index (χ1n) is 8.04. The van der Waals surface area contributed by atoms with E-state index in [9.17, 15) is 19.3 Å². The van der Waals surface area contributed by atoms with Crippen molar-refractivity contribution in [1.82, 2.24) is 0 Å². The Morgan fingerprint density at radius 2 is 2.08 bits per heavy atom. The molecular weight excluding hydrogens is 345 g/mol. The number of hydrogen-bond donors (Lipinski definition) is 0. The largest absolute Gasteiger partial charge is 0.490 e. The number of carbonyl (C=O) groups excluding carboxylic acids is 1. The Morgan fingerprint density at radius 1 is 1.27 bits per heavy atom. The van der Waals surface area contributed by atoms with E-state index >= 15 is 0 Å². The lowest BCUT2D eigenvalue weighted by Gasteiger charge is -2.14. The minimum Gasteiger partial charge on any atom is -0.490 e. The molecule has 0 saturated carbocycles. The van der Waals surface area contributed by atoms with Crippen LogP contribution in [0.1, 0.15) is 23.2 Å². The summed E-state index contributed by atoms with van der Waals surface area (Å²) in [5, 5.41) is 11.0. The molecule has 136 valence electrons. The van der Waals surface area contributed by atoms with Crippen LogP contribution in [0.3, 0.4) is 0 Å². The number of nitro groups is 1. The summed E-state index contributed by atoms with van der Waals surface area (Å²) >= 11 is 0. The van der Waals surface area contributed by atoms with Gasteiger partial charge in [-0.2, -0.15) is 0 Å². The van der Waals surface area contributed by atoms with Crippen LogP contribution in [-0.2, 0) is 4.74 Å². The molecule has 1 aliphatic heterocycles. The Hall–Kier alpha value is -3.00. The number of rotatable bonds is 6. The van der Waals surface area contributed by atoms with E-state index in [0.717, 1.165) is 31.0 Å². The van der Waals surface area contributed by atoms with Gasteiger partial charge in [-0.1, -0.05) is 12.1 Å². The second-order valence-corrected chi connectivity index (χ2v) is 5.70. The van der Waals surface area contributed by atoms with E-state index < -0.39 is 28.1 Å². The molecule has 0 N–H and O–H groups in total. The quantitative estimate of drug-likeness (QED) is 0.339. The van der Waals surface area contributed by atoms with Crippen molar-refractivity contribution in [3.8, 4) is 11.5 Å². The van der Waals surface area contributed by atoms with E-state index in [1.807, 2.05) is 0 Å². The Kier molecular flexibility index (Phi) is 5.43. The summed E-state index contributed by atoms with van der Waals surface area (Å²) in [6, 6.07) is 9.02. The van der Waals surface area contributed by atoms with Crippen molar-refractivity contribution in [3.05, 3.63) is 64.0 Å². The van der Waals surface area contributed by atoms with Crippen molar-refractivity contribution in [3.63, 3.8) is 0 Å². The molecule has 0 amide bonds. The first-order valence-corrected chi connectivity index (χ1v) is 8.04. The van der Waals surface area contributed by atoms with Gasteiger partial charge in [0.15, 0.2) is 0 Å². The van der Waals surface area contributed by atoms with E-state index in [-0.39, 0.29) is 24.0 Å². The number of ether oxygens (including phenoxy) is 3. The number of carbonyl (C=O) groups is 1. The summed E-state index contributed by atoms with van der Waals surface area (Å²) in [5.74, 6) is -1.82. The van der Waals surface area contributed by atoms with E-state index in [4.69, 9.17) is 14.2 Å².